The van der Waals surface area contributed by atoms with Crippen molar-refractivity contribution in [3.8, 4) is 0 Å². The summed E-state index contributed by atoms with van der Waals surface area (Å²) >= 11 is 9.31. The van der Waals surface area contributed by atoms with E-state index in [-0.39, 0.29) is 17.3 Å². The van der Waals surface area contributed by atoms with E-state index < -0.39 is 15.9 Å². The highest BCUT2D eigenvalue weighted by Crippen LogP contribution is 2.27. The summed E-state index contributed by atoms with van der Waals surface area (Å²) in [6.07, 6.45) is 1.29. The molecule has 2 aromatic rings. The van der Waals surface area contributed by atoms with Crippen molar-refractivity contribution in [1.82, 2.24) is 4.31 Å². The van der Waals surface area contributed by atoms with Gasteiger partial charge < -0.3 is 5.32 Å². The summed E-state index contributed by atoms with van der Waals surface area (Å²) in [5.74, 6) is -0.585. The topological polar surface area (TPSA) is 66.5 Å². The number of piperidine rings is 1. The minimum Gasteiger partial charge on any atom is -0.326 e. The number of rotatable bonds is 4. The van der Waals surface area contributed by atoms with Gasteiger partial charge >= 0.3 is 0 Å². The van der Waals surface area contributed by atoms with Crippen LogP contribution in [0.3, 0.4) is 0 Å². The first-order valence-corrected chi connectivity index (χ1v) is 11.2. The maximum atomic E-state index is 12.9. The van der Waals surface area contributed by atoms with E-state index >= 15 is 0 Å². The summed E-state index contributed by atoms with van der Waals surface area (Å²) in [5, 5.41) is 3.43. The molecule has 1 saturated heterocycles. The Labute approximate surface area is 172 Å². The molecule has 0 bridgehead atoms. The molecule has 0 radical (unpaired) electrons. The molecule has 5 nitrogen and oxygen atoms in total. The van der Waals surface area contributed by atoms with Gasteiger partial charge in [-0.2, -0.15) is 4.31 Å². The third-order valence-electron chi connectivity index (χ3n) is 4.66. The lowest BCUT2D eigenvalue weighted by Gasteiger charge is -2.31. The maximum absolute atomic E-state index is 12.9. The first-order chi connectivity index (χ1) is 12.8. The number of aryl methyl sites for hydroxylation is 1. The second-order valence-corrected chi connectivity index (χ2v) is 9.89. The van der Waals surface area contributed by atoms with Crippen LogP contribution in [0.2, 0.25) is 5.02 Å². The van der Waals surface area contributed by atoms with Gasteiger partial charge in [0, 0.05) is 28.3 Å². The van der Waals surface area contributed by atoms with Crippen molar-refractivity contribution in [3.05, 3.63) is 57.5 Å². The molecule has 1 aliphatic heterocycles. The van der Waals surface area contributed by atoms with Crippen molar-refractivity contribution < 1.29 is 13.2 Å². The van der Waals surface area contributed by atoms with Crippen molar-refractivity contribution in [2.75, 3.05) is 18.4 Å². The number of hydrogen-bond acceptors (Lipinski definition) is 3. The molecular formula is C19H20BrClN2O3S. The molecular weight excluding hydrogens is 452 g/mol. The van der Waals surface area contributed by atoms with E-state index in [0.717, 1.165) is 10.0 Å². The van der Waals surface area contributed by atoms with Crippen LogP contribution in [0.5, 0.6) is 0 Å². The van der Waals surface area contributed by atoms with Crippen LogP contribution in [0.25, 0.3) is 0 Å². The van der Waals surface area contributed by atoms with E-state index in [0.29, 0.717) is 30.1 Å². The molecule has 0 saturated carbocycles. The fourth-order valence-electron chi connectivity index (χ4n) is 3.09. The monoisotopic (exact) mass is 470 g/mol. The molecule has 8 heteroatoms. The Kier molecular flexibility index (Phi) is 6.25. The van der Waals surface area contributed by atoms with Crippen LogP contribution in [0, 0.1) is 12.8 Å². The summed E-state index contributed by atoms with van der Waals surface area (Å²) in [4.78, 5) is 12.9. The van der Waals surface area contributed by atoms with Crippen LogP contribution in [0.15, 0.2) is 51.8 Å². The molecule has 1 heterocycles. The van der Waals surface area contributed by atoms with Gasteiger partial charge in [0.1, 0.15) is 0 Å². The van der Waals surface area contributed by atoms with Gasteiger partial charge in [-0.1, -0.05) is 33.6 Å². The van der Waals surface area contributed by atoms with Crippen LogP contribution in [0.1, 0.15) is 18.4 Å². The Morgan fingerprint density at radius 2 is 1.93 bits per heavy atom. The number of nitrogens with zero attached hydrogens (tertiary/aromatic N) is 1. The number of amides is 1. The second-order valence-electron chi connectivity index (χ2n) is 6.60. The molecule has 144 valence electrons. The number of benzene rings is 2. The van der Waals surface area contributed by atoms with E-state index in [2.05, 4.69) is 21.2 Å². The van der Waals surface area contributed by atoms with Gasteiger partial charge in [-0.05, 0) is 61.7 Å². The Morgan fingerprint density at radius 1 is 1.22 bits per heavy atom. The Balaban J connectivity index is 1.74. The molecule has 1 aliphatic rings. The number of carbonyl (C=O) groups excluding carboxylic acids is 1. The van der Waals surface area contributed by atoms with E-state index in [1.54, 1.807) is 36.4 Å². The van der Waals surface area contributed by atoms with Gasteiger partial charge in [0.25, 0.3) is 0 Å². The molecule has 1 atom stereocenters. The van der Waals surface area contributed by atoms with Gasteiger partial charge in [-0.25, -0.2) is 8.42 Å². The number of halogens is 2. The first-order valence-electron chi connectivity index (χ1n) is 8.60. The third kappa shape index (κ3) is 4.71. The summed E-state index contributed by atoms with van der Waals surface area (Å²) in [7, 11) is -3.62. The Hall–Kier alpha value is -1.41. The summed E-state index contributed by atoms with van der Waals surface area (Å²) in [6, 6.07) is 11.8. The third-order valence-corrected chi connectivity index (χ3v) is 7.31. The van der Waals surface area contributed by atoms with Crippen molar-refractivity contribution in [1.29, 1.82) is 0 Å². The first kappa shape index (κ1) is 20.3. The minimum absolute atomic E-state index is 0.170. The molecule has 2 aromatic carbocycles. The molecule has 1 amide bonds. The molecule has 1 N–H and O–H groups in total. The Bertz CT molecular complexity index is 948. The average molecular weight is 472 g/mol. The summed E-state index contributed by atoms with van der Waals surface area (Å²) in [5.41, 5.74) is 1.56. The van der Waals surface area contributed by atoms with Gasteiger partial charge in [0.15, 0.2) is 0 Å². The number of carbonyl (C=O) groups is 1. The summed E-state index contributed by atoms with van der Waals surface area (Å²) < 4.78 is 28.0. The molecule has 0 spiro atoms. The van der Waals surface area contributed by atoms with Crippen LogP contribution < -0.4 is 5.32 Å². The van der Waals surface area contributed by atoms with Gasteiger partial charge in [0.2, 0.25) is 15.9 Å². The smallest absolute Gasteiger partial charge is 0.243 e. The molecule has 0 aromatic heterocycles. The fourth-order valence-corrected chi connectivity index (χ4v) is 5.05. The summed E-state index contributed by atoms with van der Waals surface area (Å²) in [6.45, 7) is 2.47. The molecule has 0 unspecified atom stereocenters. The SMILES string of the molecule is Cc1ccc(Cl)cc1NC(=O)[C@H]1CCCN(S(=O)(=O)c2ccc(Br)cc2)C1. The van der Waals surface area contributed by atoms with Crippen molar-refractivity contribution in [2.24, 2.45) is 5.92 Å². The standard InChI is InChI=1S/C19H20BrClN2O3S/c1-13-4-7-16(21)11-18(13)22-19(24)14-3-2-10-23(12-14)27(25,26)17-8-5-15(20)6-9-17/h4-9,11,14H,2-3,10,12H2,1H3,(H,22,24)/t14-/m0/s1. The normalized spacial score (nSPS) is 18.3. The highest BCUT2D eigenvalue weighted by atomic mass is 79.9. The van der Waals surface area contributed by atoms with E-state index in [9.17, 15) is 13.2 Å². The minimum atomic E-state index is -3.62. The van der Waals surface area contributed by atoms with Gasteiger partial charge in [-0.15, -0.1) is 0 Å². The molecule has 1 fully saturated rings. The van der Waals surface area contributed by atoms with Gasteiger partial charge in [-0.3, -0.25) is 4.79 Å². The average Bonchev–Trinajstić information content (AvgIpc) is 2.65. The van der Waals surface area contributed by atoms with Crippen molar-refractivity contribution in [2.45, 2.75) is 24.7 Å². The molecule has 0 aliphatic carbocycles. The van der Waals surface area contributed by atoms with E-state index in [4.69, 9.17) is 11.6 Å². The predicted octanol–water partition coefficient (Wildman–Crippen LogP) is 4.45. The predicted molar refractivity (Wildman–Crippen MR) is 110 cm³/mol. The van der Waals surface area contributed by atoms with E-state index in [1.165, 1.54) is 4.31 Å². The number of sulfonamides is 1. The van der Waals surface area contributed by atoms with Crippen molar-refractivity contribution in [3.63, 3.8) is 0 Å². The largest absolute Gasteiger partial charge is 0.326 e. The van der Waals surface area contributed by atoms with E-state index in [1.807, 2.05) is 13.0 Å². The maximum Gasteiger partial charge on any atom is 0.243 e. The van der Waals surface area contributed by atoms with Gasteiger partial charge in [0.05, 0.1) is 10.8 Å². The second kappa shape index (κ2) is 8.31. The lowest BCUT2D eigenvalue weighted by molar-refractivity contribution is -0.120. The fraction of sp³-hybridized carbons (Fsp3) is 0.316. The lowest BCUT2D eigenvalue weighted by Crippen LogP contribution is -2.43. The molecule has 3 rings (SSSR count). The quantitative estimate of drug-likeness (QED) is 0.716. The highest BCUT2D eigenvalue weighted by molar-refractivity contribution is 9.10. The lowest BCUT2D eigenvalue weighted by atomic mass is 9.98. The zero-order valence-electron chi connectivity index (χ0n) is 14.8. The van der Waals surface area contributed by atoms with Crippen LogP contribution in [0.4, 0.5) is 5.69 Å². The number of anilines is 1. The number of nitrogens with one attached hydrogen (secondary N) is 1. The highest BCUT2D eigenvalue weighted by Gasteiger charge is 2.33. The van der Waals surface area contributed by atoms with Crippen LogP contribution in [-0.2, 0) is 14.8 Å². The zero-order chi connectivity index (χ0) is 19.6. The molecule has 27 heavy (non-hydrogen) atoms. The van der Waals surface area contributed by atoms with Crippen LogP contribution in [-0.4, -0.2) is 31.7 Å². The number of hydrogen-bond donors (Lipinski definition) is 1. The zero-order valence-corrected chi connectivity index (χ0v) is 17.9. The van der Waals surface area contributed by atoms with Crippen LogP contribution >= 0.6 is 27.5 Å². The van der Waals surface area contributed by atoms with Crippen molar-refractivity contribution >= 4 is 49.1 Å². The Morgan fingerprint density at radius 3 is 2.63 bits per heavy atom.